The SMILES string of the molecule is [2H]c1cc(C(N)=NO)c([2H])c([2H])c1OCOCC[Si](C)(C)C. The molecular weight excluding hydrogens is 260 g/mol. The molecule has 0 saturated heterocycles. The van der Waals surface area contributed by atoms with Crippen LogP contribution < -0.4 is 10.5 Å². The van der Waals surface area contributed by atoms with Crippen LogP contribution in [0.4, 0.5) is 0 Å². The van der Waals surface area contributed by atoms with Crippen LogP contribution in [0.1, 0.15) is 9.68 Å². The Morgan fingerprint density at radius 1 is 1.42 bits per heavy atom. The number of amidine groups is 1. The van der Waals surface area contributed by atoms with Gasteiger partial charge in [0.15, 0.2) is 12.6 Å². The summed E-state index contributed by atoms with van der Waals surface area (Å²) in [5.41, 5.74) is 5.43. The van der Waals surface area contributed by atoms with E-state index in [0.29, 0.717) is 6.61 Å². The highest BCUT2D eigenvalue weighted by Gasteiger charge is 2.11. The minimum atomic E-state index is -1.18. The van der Waals surface area contributed by atoms with Gasteiger partial charge in [-0.05, 0) is 30.2 Å². The number of nitrogens with zero attached hydrogens (tertiary/aromatic N) is 1. The van der Waals surface area contributed by atoms with Gasteiger partial charge in [0.25, 0.3) is 0 Å². The molecule has 0 aliphatic carbocycles. The molecule has 0 aliphatic rings. The zero-order valence-corrected chi connectivity index (χ0v) is 12.5. The normalized spacial score (nSPS) is 14.7. The Kier molecular flexibility index (Phi) is 4.26. The predicted molar refractivity (Wildman–Crippen MR) is 78.6 cm³/mol. The van der Waals surface area contributed by atoms with Crippen molar-refractivity contribution in [2.24, 2.45) is 10.9 Å². The zero-order chi connectivity index (χ0) is 16.9. The van der Waals surface area contributed by atoms with Crippen molar-refractivity contribution >= 4 is 13.9 Å². The van der Waals surface area contributed by atoms with Gasteiger partial charge in [-0.1, -0.05) is 24.8 Å². The molecular formula is C13H22N2O3Si. The summed E-state index contributed by atoms with van der Waals surface area (Å²) in [6.07, 6.45) is 0. The highest BCUT2D eigenvalue weighted by molar-refractivity contribution is 6.76. The molecule has 0 spiro atoms. The number of ether oxygens (including phenoxy) is 2. The standard InChI is InChI=1S/C13H22N2O3Si/c1-19(2,3)9-8-17-10-18-12-6-4-11(5-7-12)13(14)15-16/h4-7,16H,8-10H2,1-3H3,(H2,14,15)/i4D,6D,7D. The van der Waals surface area contributed by atoms with E-state index in [0.717, 1.165) is 6.04 Å². The van der Waals surface area contributed by atoms with Gasteiger partial charge in [-0.15, -0.1) is 0 Å². The summed E-state index contributed by atoms with van der Waals surface area (Å²) in [6.45, 7) is 7.19. The molecule has 0 aliphatic heterocycles. The van der Waals surface area contributed by atoms with E-state index in [2.05, 4.69) is 24.8 Å². The minimum Gasteiger partial charge on any atom is -0.468 e. The number of hydrogen-bond donors (Lipinski definition) is 2. The summed E-state index contributed by atoms with van der Waals surface area (Å²) in [6, 6.07) is 1.55. The van der Waals surface area contributed by atoms with E-state index in [1.54, 1.807) is 0 Å². The zero-order valence-electron chi connectivity index (χ0n) is 14.5. The molecule has 0 radical (unpaired) electrons. The van der Waals surface area contributed by atoms with Crippen molar-refractivity contribution in [3.8, 4) is 5.75 Å². The summed E-state index contributed by atoms with van der Waals surface area (Å²) < 4.78 is 34.1. The van der Waals surface area contributed by atoms with Crippen molar-refractivity contribution in [2.45, 2.75) is 25.7 Å². The van der Waals surface area contributed by atoms with Crippen molar-refractivity contribution < 1.29 is 18.8 Å². The first kappa shape index (κ1) is 11.3. The molecule has 0 bridgehead atoms. The lowest BCUT2D eigenvalue weighted by molar-refractivity contribution is 0.0220. The van der Waals surface area contributed by atoms with Gasteiger partial charge >= 0.3 is 0 Å². The third kappa shape index (κ3) is 6.26. The minimum absolute atomic E-state index is 0.0181. The predicted octanol–water partition coefficient (Wildman–Crippen LogP) is 2.47. The second-order valence-electron chi connectivity index (χ2n) is 5.25. The summed E-state index contributed by atoms with van der Waals surface area (Å²) in [5, 5.41) is 11.4. The summed E-state index contributed by atoms with van der Waals surface area (Å²) in [4.78, 5) is 0. The Morgan fingerprint density at radius 3 is 2.79 bits per heavy atom. The first-order valence-corrected chi connectivity index (χ1v) is 9.67. The molecule has 19 heavy (non-hydrogen) atoms. The fraction of sp³-hybridized carbons (Fsp3) is 0.462. The topological polar surface area (TPSA) is 77.1 Å². The molecule has 106 valence electrons. The molecule has 1 aromatic carbocycles. The van der Waals surface area contributed by atoms with Crippen LogP contribution >= 0.6 is 0 Å². The van der Waals surface area contributed by atoms with E-state index < -0.39 is 8.07 Å². The van der Waals surface area contributed by atoms with E-state index in [1.165, 1.54) is 6.07 Å². The lowest BCUT2D eigenvalue weighted by Gasteiger charge is -2.15. The van der Waals surface area contributed by atoms with Crippen LogP contribution in [-0.2, 0) is 4.74 Å². The van der Waals surface area contributed by atoms with Crippen LogP contribution in [0.25, 0.3) is 0 Å². The molecule has 0 fully saturated rings. The van der Waals surface area contributed by atoms with Gasteiger partial charge in [0.05, 0.1) is 4.11 Å². The molecule has 3 N–H and O–H groups in total. The largest absolute Gasteiger partial charge is 0.468 e. The van der Waals surface area contributed by atoms with Crippen LogP contribution in [0.15, 0.2) is 29.3 Å². The first-order chi connectivity index (χ1) is 10.2. The van der Waals surface area contributed by atoms with Crippen LogP contribution in [-0.4, -0.2) is 32.5 Å². The number of benzene rings is 1. The van der Waals surface area contributed by atoms with Crippen molar-refractivity contribution in [3.05, 3.63) is 29.8 Å². The third-order valence-electron chi connectivity index (χ3n) is 2.32. The highest BCUT2D eigenvalue weighted by Crippen LogP contribution is 2.12. The lowest BCUT2D eigenvalue weighted by atomic mass is 10.2. The van der Waals surface area contributed by atoms with E-state index in [9.17, 15) is 0 Å². The van der Waals surface area contributed by atoms with Crippen molar-refractivity contribution in [1.82, 2.24) is 0 Å². The van der Waals surface area contributed by atoms with Crippen molar-refractivity contribution in [3.63, 3.8) is 0 Å². The van der Waals surface area contributed by atoms with Gasteiger partial charge in [0, 0.05) is 20.2 Å². The second-order valence-corrected chi connectivity index (χ2v) is 10.9. The fourth-order valence-corrected chi connectivity index (χ4v) is 1.90. The van der Waals surface area contributed by atoms with Crippen LogP contribution in [0.3, 0.4) is 0 Å². The molecule has 0 aromatic heterocycles. The van der Waals surface area contributed by atoms with E-state index in [1.807, 2.05) is 0 Å². The summed E-state index contributed by atoms with van der Waals surface area (Å²) >= 11 is 0. The molecule has 6 heteroatoms. The van der Waals surface area contributed by atoms with Crippen molar-refractivity contribution in [2.75, 3.05) is 13.4 Å². The van der Waals surface area contributed by atoms with E-state index in [-0.39, 0.29) is 42.1 Å². The Balaban J connectivity index is 2.75. The Bertz CT molecular complexity index is 562. The van der Waals surface area contributed by atoms with Crippen LogP contribution in [0.5, 0.6) is 5.75 Å². The third-order valence-corrected chi connectivity index (χ3v) is 4.03. The first-order valence-electron chi connectivity index (χ1n) is 7.46. The molecule has 5 nitrogen and oxygen atoms in total. The monoisotopic (exact) mass is 285 g/mol. The smallest absolute Gasteiger partial charge is 0.189 e. The molecule has 0 amide bonds. The van der Waals surface area contributed by atoms with E-state index >= 15 is 0 Å². The fourth-order valence-electron chi connectivity index (χ4n) is 1.14. The summed E-state index contributed by atoms with van der Waals surface area (Å²) in [7, 11) is -1.18. The van der Waals surface area contributed by atoms with Gasteiger partial charge in [-0.3, -0.25) is 0 Å². The maximum absolute atomic E-state index is 8.64. The molecule has 1 aromatic rings. The Hall–Kier alpha value is -1.53. The highest BCUT2D eigenvalue weighted by atomic mass is 28.3. The van der Waals surface area contributed by atoms with Gasteiger partial charge in [-0.2, -0.15) is 0 Å². The second kappa shape index (κ2) is 7.15. The maximum atomic E-state index is 8.64. The molecule has 0 atom stereocenters. The van der Waals surface area contributed by atoms with Gasteiger partial charge in [0.1, 0.15) is 5.75 Å². The van der Waals surface area contributed by atoms with Gasteiger partial charge in [0.2, 0.25) is 0 Å². The molecule has 1 rings (SSSR count). The number of oxime groups is 1. The summed E-state index contributed by atoms with van der Waals surface area (Å²) in [5.74, 6) is -0.363. The average Bonchev–Trinajstić information content (AvgIpc) is 2.43. The van der Waals surface area contributed by atoms with Gasteiger partial charge < -0.3 is 20.4 Å². The Labute approximate surface area is 119 Å². The molecule has 0 unspecified atom stereocenters. The molecule has 0 saturated carbocycles. The molecule has 0 heterocycles. The number of nitrogens with two attached hydrogens (primary N) is 1. The van der Waals surface area contributed by atoms with Crippen LogP contribution in [0.2, 0.25) is 25.7 Å². The average molecular weight is 285 g/mol. The number of rotatable bonds is 7. The quantitative estimate of drug-likeness (QED) is 0.153. The Morgan fingerprint density at radius 2 is 2.16 bits per heavy atom. The van der Waals surface area contributed by atoms with Crippen molar-refractivity contribution in [1.29, 1.82) is 0 Å². The van der Waals surface area contributed by atoms with Gasteiger partial charge in [-0.25, -0.2) is 0 Å². The van der Waals surface area contributed by atoms with Crippen LogP contribution in [0, 0.1) is 0 Å². The maximum Gasteiger partial charge on any atom is 0.189 e. The lowest BCUT2D eigenvalue weighted by Crippen LogP contribution is -2.22. The number of hydrogen-bond acceptors (Lipinski definition) is 4. The van der Waals surface area contributed by atoms with E-state index in [4.69, 9.17) is 24.5 Å².